The Morgan fingerprint density at radius 2 is 1.45 bits per heavy atom. The molecule has 0 N–H and O–H groups in total. The summed E-state index contributed by atoms with van der Waals surface area (Å²) in [5, 5.41) is 0. The lowest BCUT2D eigenvalue weighted by Gasteiger charge is -2.14. The molecule has 0 aliphatic rings. The van der Waals surface area contributed by atoms with Crippen molar-refractivity contribution in [3.05, 3.63) is 48.5 Å². The molecule has 0 aromatic heterocycles. The van der Waals surface area contributed by atoms with E-state index in [1.807, 2.05) is 30.3 Å². The van der Waals surface area contributed by atoms with Crippen LogP contribution in [0.3, 0.4) is 0 Å². The average molecular weight is 339 g/mol. The first kappa shape index (κ1) is 16.3. The molecule has 0 radical (unpaired) electrons. The number of para-hydroxylation sites is 1. The van der Waals surface area contributed by atoms with Crippen molar-refractivity contribution in [3.8, 4) is 22.6 Å². The molecule has 0 atom stereocenters. The molecule has 0 saturated carbocycles. The quantitative estimate of drug-likeness (QED) is 0.474. The molecule has 6 heteroatoms. The molecule has 0 aliphatic carbocycles. The lowest BCUT2D eigenvalue weighted by Crippen LogP contribution is -2.14. The number of hydrogen-bond acceptors (Lipinski definition) is 4. The van der Waals surface area contributed by atoms with Crippen molar-refractivity contribution < 1.29 is 19.1 Å². The predicted octanol–water partition coefficient (Wildman–Crippen LogP) is 3.64. The van der Waals surface area contributed by atoms with Gasteiger partial charge in [0.15, 0.2) is 11.5 Å². The average Bonchev–Trinajstić information content (AvgIpc) is 2.56. The Morgan fingerprint density at radius 3 is 2.09 bits per heavy atom. The number of rotatable bonds is 5. The van der Waals surface area contributed by atoms with Crippen LogP contribution in [0.2, 0.25) is 0 Å². The Morgan fingerprint density at radius 1 is 0.818 bits per heavy atom. The topological polar surface area (TPSA) is 52.6 Å². The van der Waals surface area contributed by atoms with Gasteiger partial charge in [-0.25, -0.2) is 0 Å². The normalized spacial score (nSPS) is 10.1. The van der Waals surface area contributed by atoms with Gasteiger partial charge in [0.2, 0.25) is 0 Å². The minimum atomic E-state index is -0.645. The molecular formula is C16H12Cl2O4. The smallest absolute Gasteiger partial charge is 0.326 e. The summed E-state index contributed by atoms with van der Waals surface area (Å²) < 4.78 is 10.3. The van der Waals surface area contributed by atoms with Gasteiger partial charge in [-0.1, -0.05) is 42.5 Å². The molecule has 0 fully saturated rings. The van der Waals surface area contributed by atoms with Crippen LogP contribution in [-0.4, -0.2) is 23.7 Å². The Bertz CT molecular complexity index is 671. The van der Waals surface area contributed by atoms with Crippen molar-refractivity contribution in [2.45, 2.75) is 0 Å². The second-order valence-electron chi connectivity index (χ2n) is 4.21. The summed E-state index contributed by atoms with van der Waals surface area (Å²) in [5.41, 5.74) is 1.42. The first-order chi connectivity index (χ1) is 10.7. The summed E-state index contributed by atoms with van der Waals surface area (Å²) >= 11 is 10.9. The fourth-order valence-corrected chi connectivity index (χ4v) is 1.95. The van der Waals surface area contributed by atoms with Crippen molar-refractivity contribution in [2.24, 2.45) is 0 Å². The van der Waals surface area contributed by atoms with Gasteiger partial charge in [0.05, 0.1) is 0 Å². The molecule has 2 rings (SSSR count). The zero-order valence-electron chi connectivity index (χ0n) is 11.4. The molecule has 2 aromatic carbocycles. The fourth-order valence-electron chi connectivity index (χ4n) is 1.84. The molecule has 4 nitrogen and oxygen atoms in total. The third-order valence-corrected chi connectivity index (χ3v) is 3.16. The van der Waals surface area contributed by atoms with E-state index in [-0.39, 0.29) is 23.3 Å². The number of halogens is 2. The maximum atomic E-state index is 11.6. The lowest BCUT2D eigenvalue weighted by molar-refractivity contribution is -0.134. The minimum Gasteiger partial charge on any atom is -0.422 e. The third kappa shape index (κ3) is 4.00. The molecule has 0 amide bonds. The number of alkyl halides is 2. The van der Waals surface area contributed by atoms with Crippen molar-refractivity contribution in [1.82, 2.24) is 0 Å². The predicted molar refractivity (Wildman–Crippen MR) is 84.6 cm³/mol. The van der Waals surface area contributed by atoms with Crippen LogP contribution in [0.5, 0.6) is 11.5 Å². The third-order valence-electron chi connectivity index (χ3n) is 2.72. The minimum absolute atomic E-state index is 0.116. The first-order valence-electron chi connectivity index (χ1n) is 6.37. The van der Waals surface area contributed by atoms with E-state index in [1.165, 1.54) is 6.07 Å². The Labute approximate surface area is 137 Å². The van der Waals surface area contributed by atoms with E-state index in [1.54, 1.807) is 12.1 Å². The van der Waals surface area contributed by atoms with Gasteiger partial charge in [0.1, 0.15) is 11.8 Å². The maximum absolute atomic E-state index is 11.6. The standard InChI is InChI=1S/C16H12Cl2O4/c17-9-14(19)21-13-8-4-7-12(11-5-2-1-3-6-11)16(13)22-15(20)10-18/h1-8H,9-10H2. The summed E-state index contributed by atoms with van der Waals surface area (Å²) in [6.45, 7) is 0. The monoisotopic (exact) mass is 338 g/mol. The van der Waals surface area contributed by atoms with E-state index in [0.29, 0.717) is 5.56 Å². The highest BCUT2D eigenvalue weighted by Gasteiger charge is 2.18. The zero-order chi connectivity index (χ0) is 15.9. The number of carbonyl (C=O) groups is 2. The molecule has 22 heavy (non-hydrogen) atoms. The van der Waals surface area contributed by atoms with Gasteiger partial charge >= 0.3 is 11.9 Å². The summed E-state index contributed by atoms with van der Waals surface area (Å²) in [6.07, 6.45) is 0. The largest absolute Gasteiger partial charge is 0.422 e. The van der Waals surface area contributed by atoms with E-state index in [0.717, 1.165) is 5.56 Å². The SMILES string of the molecule is O=C(CCl)Oc1cccc(-c2ccccc2)c1OC(=O)CCl. The van der Waals surface area contributed by atoms with Gasteiger partial charge in [-0.05, 0) is 11.6 Å². The van der Waals surface area contributed by atoms with Crippen LogP contribution in [-0.2, 0) is 9.59 Å². The number of esters is 2. The van der Waals surface area contributed by atoms with Crippen LogP contribution in [0.1, 0.15) is 0 Å². The fraction of sp³-hybridized carbons (Fsp3) is 0.125. The zero-order valence-corrected chi connectivity index (χ0v) is 12.9. The summed E-state index contributed by atoms with van der Waals surface area (Å²) in [5.74, 6) is -1.66. The van der Waals surface area contributed by atoms with Crippen LogP contribution in [0.15, 0.2) is 48.5 Å². The first-order valence-corrected chi connectivity index (χ1v) is 7.44. The Hall–Kier alpha value is -2.04. The Kier molecular flexibility index (Phi) is 5.81. The number of hydrogen-bond donors (Lipinski definition) is 0. The van der Waals surface area contributed by atoms with Gasteiger partial charge in [0.25, 0.3) is 0 Å². The van der Waals surface area contributed by atoms with Gasteiger partial charge < -0.3 is 9.47 Å². The molecule has 0 aliphatic heterocycles. The molecule has 2 aromatic rings. The number of benzene rings is 2. The van der Waals surface area contributed by atoms with Gasteiger partial charge in [-0.3, -0.25) is 9.59 Å². The second-order valence-corrected chi connectivity index (χ2v) is 4.75. The van der Waals surface area contributed by atoms with E-state index in [4.69, 9.17) is 32.7 Å². The van der Waals surface area contributed by atoms with E-state index < -0.39 is 11.9 Å². The van der Waals surface area contributed by atoms with E-state index >= 15 is 0 Å². The van der Waals surface area contributed by atoms with Crippen LogP contribution >= 0.6 is 23.2 Å². The molecule has 0 heterocycles. The van der Waals surface area contributed by atoms with Crippen LogP contribution < -0.4 is 9.47 Å². The van der Waals surface area contributed by atoms with Crippen molar-refractivity contribution in [2.75, 3.05) is 11.8 Å². The summed E-state index contributed by atoms with van der Waals surface area (Å²) in [6, 6.07) is 14.2. The molecule has 114 valence electrons. The highest BCUT2D eigenvalue weighted by atomic mass is 35.5. The highest BCUT2D eigenvalue weighted by Crippen LogP contribution is 2.38. The highest BCUT2D eigenvalue weighted by molar-refractivity contribution is 6.27. The number of ether oxygens (including phenoxy) is 2. The van der Waals surface area contributed by atoms with E-state index in [9.17, 15) is 9.59 Å². The molecule has 0 spiro atoms. The van der Waals surface area contributed by atoms with Gasteiger partial charge in [-0.15, -0.1) is 23.2 Å². The second kappa shape index (κ2) is 7.82. The molecule has 0 saturated heterocycles. The number of carbonyl (C=O) groups excluding carboxylic acids is 2. The lowest BCUT2D eigenvalue weighted by atomic mass is 10.0. The molecule has 0 bridgehead atoms. The molecular weight excluding hydrogens is 327 g/mol. The van der Waals surface area contributed by atoms with Crippen LogP contribution in [0.4, 0.5) is 0 Å². The Balaban J connectivity index is 2.50. The van der Waals surface area contributed by atoms with Gasteiger partial charge in [0, 0.05) is 5.56 Å². The van der Waals surface area contributed by atoms with Crippen molar-refractivity contribution >= 4 is 35.1 Å². The van der Waals surface area contributed by atoms with Gasteiger partial charge in [-0.2, -0.15) is 0 Å². The molecule has 0 unspecified atom stereocenters. The summed E-state index contributed by atoms with van der Waals surface area (Å²) in [4.78, 5) is 23.0. The van der Waals surface area contributed by atoms with Crippen LogP contribution in [0.25, 0.3) is 11.1 Å². The maximum Gasteiger partial charge on any atom is 0.326 e. The summed E-state index contributed by atoms with van der Waals surface area (Å²) in [7, 11) is 0. The van der Waals surface area contributed by atoms with Crippen molar-refractivity contribution in [1.29, 1.82) is 0 Å². The van der Waals surface area contributed by atoms with Crippen molar-refractivity contribution in [3.63, 3.8) is 0 Å². The van der Waals surface area contributed by atoms with E-state index in [2.05, 4.69) is 0 Å². The van der Waals surface area contributed by atoms with Crippen LogP contribution in [0, 0.1) is 0 Å².